The predicted octanol–water partition coefficient (Wildman–Crippen LogP) is 1.82. The zero-order valence-electron chi connectivity index (χ0n) is 8.54. The maximum Gasteiger partial charge on any atom is 0.221 e. The summed E-state index contributed by atoms with van der Waals surface area (Å²) in [5, 5.41) is 3.42. The highest BCUT2D eigenvalue weighted by molar-refractivity contribution is 9.10. The second-order valence-electron chi connectivity index (χ2n) is 3.55. The molecule has 1 fully saturated rings. The molecule has 0 aliphatic carbocycles. The number of pyridine rings is 1. The first-order chi connectivity index (χ1) is 7.66. The number of carbonyl (C=O) groups is 1. The fourth-order valence-electron chi connectivity index (χ4n) is 1.62. The molecular weight excluding hydrogens is 293 g/mol. The maximum atomic E-state index is 11.2. The number of rotatable bonds is 1. The number of aromatic nitrogens is 1. The van der Waals surface area contributed by atoms with Crippen molar-refractivity contribution in [3.8, 4) is 0 Å². The van der Waals surface area contributed by atoms with Crippen LogP contribution in [0.1, 0.15) is 6.42 Å². The minimum absolute atomic E-state index is 0.0794. The van der Waals surface area contributed by atoms with E-state index in [-0.39, 0.29) is 5.91 Å². The Morgan fingerprint density at radius 1 is 1.50 bits per heavy atom. The largest absolute Gasteiger partial charge is 0.354 e. The second-order valence-corrected chi connectivity index (χ2v) is 4.87. The van der Waals surface area contributed by atoms with E-state index in [2.05, 4.69) is 26.2 Å². The summed E-state index contributed by atoms with van der Waals surface area (Å²) in [5.74, 6) is 0.817. The molecule has 0 saturated carbocycles. The lowest BCUT2D eigenvalue weighted by molar-refractivity contribution is -0.120. The third kappa shape index (κ3) is 2.65. The van der Waals surface area contributed by atoms with Crippen molar-refractivity contribution in [2.24, 2.45) is 0 Å². The summed E-state index contributed by atoms with van der Waals surface area (Å²) in [6.07, 6.45) is 2.19. The van der Waals surface area contributed by atoms with Gasteiger partial charge in [0.2, 0.25) is 5.91 Å². The van der Waals surface area contributed by atoms with Crippen LogP contribution in [0.5, 0.6) is 0 Å². The number of halogens is 2. The Bertz CT molecular complexity index is 413. The van der Waals surface area contributed by atoms with E-state index in [4.69, 9.17) is 11.6 Å². The normalized spacial score (nSPS) is 16.9. The van der Waals surface area contributed by atoms with Gasteiger partial charge in [-0.3, -0.25) is 4.79 Å². The van der Waals surface area contributed by atoms with Crippen LogP contribution >= 0.6 is 27.5 Å². The van der Waals surface area contributed by atoms with E-state index in [9.17, 15) is 4.79 Å². The minimum atomic E-state index is 0.0794. The van der Waals surface area contributed by atoms with Crippen LogP contribution in [0.15, 0.2) is 16.7 Å². The summed E-state index contributed by atoms with van der Waals surface area (Å²) in [4.78, 5) is 17.5. The molecule has 1 aromatic rings. The van der Waals surface area contributed by atoms with Crippen LogP contribution in [0.2, 0.25) is 5.02 Å². The number of hydrogen-bond acceptors (Lipinski definition) is 3. The molecule has 1 amide bonds. The van der Waals surface area contributed by atoms with Crippen LogP contribution in [0, 0.1) is 0 Å². The van der Waals surface area contributed by atoms with E-state index >= 15 is 0 Å². The summed E-state index contributed by atoms with van der Waals surface area (Å²) in [6, 6.07) is 1.81. The lowest BCUT2D eigenvalue weighted by Gasteiger charge is -2.21. The Morgan fingerprint density at radius 2 is 2.31 bits per heavy atom. The molecule has 6 heteroatoms. The molecule has 16 heavy (non-hydrogen) atoms. The Kier molecular flexibility index (Phi) is 3.66. The van der Waals surface area contributed by atoms with Crippen molar-refractivity contribution in [2.45, 2.75) is 6.42 Å². The summed E-state index contributed by atoms with van der Waals surface area (Å²) in [5.41, 5.74) is 0. The average molecular weight is 305 g/mol. The molecule has 1 N–H and O–H groups in total. The molecular formula is C10H11BrClN3O. The van der Waals surface area contributed by atoms with Crippen LogP contribution in [0.4, 0.5) is 5.82 Å². The zero-order valence-corrected chi connectivity index (χ0v) is 10.9. The topological polar surface area (TPSA) is 45.2 Å². The predicted molar refractivity (Wildman–Crippen MR) is 66.8 cm³/mol. The van der Waals surface area contributed by atoms with Gasteiger partial charge >= 0.3 is 0 Å². The van der Waals surface area contributed by atoms with Gasteiger partial charge in [0.15, 0.2) is 0 Å². The maximum absolute atomic E-state index is 11.2. The van der Waals surface area contributed by atoms with Crippen molar-refractivity contribution < 1.29 is 4.79 Å². The third-order valence-electron chi connectivity index (χ3n) is 2.40. The molecule has 0 aromatic carbocycles. The van der Waals surface area contributed by atoms with Gasteiger partial charge in [-0.05, 0) is 22.0 Å². The van der Waals surface area contributed by atoms with Gasteiger partial charge in [-0.1, -0.05) is 11.6 Å². The van der Waals surface area contributed by atoms with Crippen LogP contribution in [-0.2, 0) is 4.79 Å². The highest BCUT2D eigenvalue weighted by Gasteiger charge is 2.16. The zero-order chi connectivity index (χ0) is 11.5. The summed E-state index contributed by atoms with van der Waals surface area (Å²) >= 11 is 9.43. The highest BCUT2D eigenvalue weighted by Crippen LogP contribution is 2.26. The molecule has 86 valence electrons. The van der Waals surface area contributed by atoms with E-state index in [1.807, 2.05) is 11.0 Å². The minimum Gasteiger partial charge on any atom is -0.354 e. The summed E-state index contributed by atoms with van der Waals surface area (Å²) in [7, 11) is 0. The SMILES string of the molecule is O=C1CCN(c2ncc(Br)cc2Cl)CCN1. The van der Waals surface area contributed by atoms with Crippen LogP contribution in [-0.4, -0.2) is 30.5 Å². The van der Waals surface area contributed by atoms with Gasteiger partial charge in [0.25, 0.3) is 0 Å². The number of nitrogens with one attached hydrogen (secondary N) is 1. The third-order valence-corrected chi connectivity index (χ3v) is 3.11. The molecule has 4 nitrogen and oxygen atoms in total. The van der Waals surface area contributed by atoms with Crippen molar-refractivity contribution in [1.29, 1.82) is 0 Å². The monoisotopic (exact) mass is 303 g/mol. The molecule has 2 rings (SSSR count). The fraction of sp³-hybridized carbons (Fsp3) is 0.400. The Morgan fingerprint density at radius 3 is 3.06 bits per heavy atom. The average Bonchev–Trinajstić information content (AvgIpc) is 2.43. The van der Waals surface area contributed by atoms with Gasteiger partial charge in [0.05, 0.1) is 5.02 Å². The molecule has 0 spiro atoms. The first-order valence-corrected chi connectivity index (χ1v) is 6.16. The first-order valence-electron chi connectivity index (χ1n) is 4.99. The number of amides is 1. The molecule has 1 saturated heterocycles. The van der Waals surface area contributed by atoms with E-state index < -0.39 is 0 Å². The van der Waals surface area contributed by atoms with E-state index in [1.165, 1.54) is 0 Å². The molecule has 1 aliphatic heterocycles. The molecule has 1 aliphatic rings. The smallest absolute Gasteiger partial charge is 0.221 e. The van der Waals surface area contributed by atoms with Gasteiger partial charge < -0.3 is 10.2 Å². The van der Waals surface area contributed by atoms with Gasteiger partial charge in [-0.25, -0.2) is 4.98 Å². The first kappa shape index (κ1) is 11.7. The van der Waals surface area contributed by atoms with Crippen molar-refractivity contribution in [1.82, 2.24) is 10.3 Å². The van der Waals surface area contributed by atoms with Gasteiger partial charge in [-0.15, -0.1) is 0 Å². The molecule has 0 atom stereocenters. The van der Waals surface area contributed by atoms with Crippen LogP contribution < -0.4 is 10.2 Å². The molecule has 1 aromatic heterocycles. The van der Waals surface area contributed by atoms with Gasteiger partial charge in [0, 0.05) is 36.7 Å². The lowest BCUT2D eigenvalue weighted by atomic mass is 10.3. The standard InChI is InChI=1S/C10H11BrClN3O/c11-7-5-8(12)10(14-6-7)15-3-1-9(16)13-2-4-15/h5-6H,1-4H2,(H,13,16). The van der Waals surface area contributed by atoms with Gasteiger partial charge in [-0.2, -0.15) is 0 Å². The van der Waals surface area contributed by atoms with E-state index in [0.29, 0.717) is 24.5 Å². The Hall–Kier alpha value is -0.810. The molecule has 0 radical (unpaired) electrons. The second kappa shape index (κ2) is 5.01. The lowest BCUT2D eigenvalue weighted by Crippen LogP contribution is -2.29. The van der Waals surface area contributed by atoms with Crippen molar-refractivity contribution in [2.75, 3.05) is 24.5 Å². The van der Waals surface area contributed by atoms with E-state index in [1.54, 1.807) is 6.20 Å². The molecule has 0 bridgehead atoms. The van der Waals surface area contributed by atoms with E-state index in [0.717, 1.165) is 16.8 Å². The number of hydrogen-bond donors (Lipinski definition) is 1. The van der Waals surface area contributed by atoms with Crippen molar-refractivity contribution in [3.05, 3.63) is 21.8 Å². The summed E-state index contributed by atoms with van der Waals surface area (Å²) < 4.78 is 0.852. The molecule has 0 unspecified atom stereocenters. The highest BCUT2D eigenvalue weighted by atomic mass is 79.9. The number of anilines is 1. The van der Waals surface area contributed by atoms with Crippen molar-refractivity contribution >= 4 is 39.3 Å². The number of carbonyl (C=O) groups excluding carboxylic acids is 1. The number of nitrogens with zero attached hydrogens (tertiary/aromatic N) is 2. The van der Waals surface area contributed by atoms with Crippen LogP contribution in [0.25, 0.3) is 0 Å². The van der Waals surface area contributed by atoms with Gasteiger partial charge in [0.1, 0.15) is 5.82 Å². The Balaban J connectivity index is 2.19. The fourth-order valence-corrected chi connectivity index (χ4v) is 2.37. The quantitative estimate of drug-likeness (QED) is 0.861. The van der Waals surface area contributed by atoms with Crippen LogP contribution in [0.3, 0.4) is 0 Å². The molecule has 2 heterocycles. The summed E-state index contributed by atoms with van der Waals surface area (Å²) in [6.45, 7) is 2.02. The Labute approximate surface area is 107 Å². The van der Waals surface area contributed by atoms with Crippen molar-refractivity contribution in [3.63, 3.8) is 0 Å².